The first kappa shape index (κ1) is 10.8. The first-order valence-corrected chi connectivity index (χ1v) is 6.76. The van der Waals surface area contributed by atoms with E-state index in [1.165, 1.54) is 4.31 Å². The molecule has 1 aromatic carbocycles. The Morgan fingerprint density at radius 2 is 2.13 bits per heavy atom. The van der Waals surface area contributed by atoms with E-state index in [9.17, 15) is 8.42 Å². The van der Waals surface area contributed by atoms with E-state index in [-0.39, 0.29) is 5.75 Å². The van der Waals surface area contributed by atoms with E-state index in [4.69, 9.17) is 11.6 Å². The second kappa shape index (κ2) is 3.68. The van der Waals surface area contributed by atoms with E-state index >= 15 is 0 Å². The zero-order valence-corrected chi connectivity index (χ0v) is 9.98. The summed E-state index contributed by atoms with van der Waals surface area (Å²) in [5, 5.41) is 0.606. The summed E-state index contributed by atoms with van der Waals surface area (Å²) >= 11 is 5.96. The lowest BCUT2D eigenvalue weighted by Crippen LogP contribution is -2.25. The van der Waals surface area contributed by atoms with Crippen molar-refractivity contribution >= 4 is 27.3 Å². The lowest BCUT2D eigenvalue weighted by Gasteiger charge is -2.19. The molecule has 0 atom stereocenters. The molecule has 0 aromatic heterocycles. The van der Waals surface area contributed by atoms with Gasteiger partial charge in [-0.15, -0.1) is 0 Å². The predicted octanol–water partition coefficient (Wildman–Crippen LogP) is 2.19. The van der Waals surface area contributed by atoms with Crippen LogP contribution in [0, 0.1) is 6.92 Å². The Labute approximate surface area is 94.7 Å². The van der Waals surface area contributed by atoms with Crippen molar-refractivity contribution in [3.63, 3.8) is 0 Å². The molecule has 1 heterocycles. The molecule has 0 spiro atoms. The van der Waals surface area contributed by atoms with Crippen LogP contribution in [-0.4, -0.2) is 20.7 Å². The second-order valence-electron chi connectivity index (χ2n) is 3.63. The van der Waals surface area contributed by atoms with Gasteiger partial charge in [0.15, 0.2) is 0 Å². The topological polar surface area (TPSA) is 37.4 Å². The molecule has 1 aliphatic rings. The van der Waals surface area contributed by atoms with Crippen molar-refractivity contribution in [1.29, 1.82) is 0 Å². The zero-order valence-electron chi connectivity index (χ0n) is 8.40. The summed E-state index contributed by atoms with van der Waals surface area (Å²) < 4.78 is 24.9. The van der Waals surface area contributed by atoms with E-state index in [0.717, 1.165) is 5.56 Å². The summed E-state index contributed by atoms with van der Waals surface area (Å²) in [5.74, 6) is 0.235. The maximum atomic E-state index is 11.7. The maximum absolute atomic E-state index is 11.7. The van der Waals surface area contributed by atoms with Crippen molar-refractivity contribution < 1.29 is 8.42 Å². The first-order valence-electron chi connectivity index (χ1n) is 4.78. The van der Waals surface area contributed by atoms with Crippen molar-refractivity contribution in [2.75, 3.05) is 16.6 Å². The maximum Gasteiger partial charge on any atom is 0.235 e. The average Bonchev–Trinajstić information content (AvgIpc) is 2.50. The molecule has 3 nitrogen and oxygen atoms in total. The molecule has 0 unspecified atom stereocenters. The molecule has 82 valence electrons. The number of sulfonamides is 1. The molecule has 0 N–H and O–H groups in total. The zero-order chi connectivity index (χ0) is 11.1. The Kier molecular flexibility index (Phi) is 2.64. The Morgan fingerprint density at radius 3 is 2.73 bits per heavy atom. The van der Waals surface area contributed by atoms with Gasteiger partial charge in [0.05, 0.1) is 11.4 Å². The number of nitrogens with zero attached hydrogens (tertiary/aromatic N) is 1. The van der Waals surface area contributed by atoms with E-state index in [1.807, 2.05) is 6.92 Å². The van der Waals surface area contributed by atoms with Gasteiger partial charge in [-0.25, -0.2) is 8.42 Å². The van der Waals surface area contributed by atoms with Gasteiger partial charge in [-0.2, -0.15) is 0 Å². The molecule has 0 bridgehead atoms. The van der Waals surface area contributed by atoms with Crippen LogP contribution in [0.2, 0.25) is 5.02 Å². The van der Waals surface area contributed by atoms with Gasteiger partial charge in [0.2, 0.25) is 10.0 Å². The third kappa shape index (κ3) is 1.84. The molecule has 1 aliphatic heterocycles. The lowest BCUT2D eigenvalue weighted by atomic mass is 10.2. The number of anilines is 1. The Balaban J connectivity index is 2.51. The van der Waals surface area contributed by atoms with Crippen LogP contribution in [0.1, 0.15) is 12.0 Å². The quantitative estimate of drug-likeness (QED) is 0.761. The van der Waals surface area contributed by atoms with E-state index in [2.05, 4.69) is 0 Å². The molecule has 1 fully saturated rings. The molecular formula is C10H12ClNO2S. The van der Waals surface area contributed by atoms with Gasteiger partial charge in [-0.3, -0.25) is 4.31 Å². The SMILES string of the molecule is Cc1c(Cl)cccc1N1CCCS1(=O)=O. The van der Waals surface area contributed by atoms with Crippen LogP contribution < -0.4 is 4.31 Å². The number of benzene rings is 1. The van der Waals surface area contributed by atoms with Crippen molar-refractivity contribution in [2.24, 2.45) is 0 Å². The highest BCUT2D eigenvalue weighted by atomic mass is 35.5. The number of hydrogen-bond donors (Lipinski definition) is 0. The molecule has 2 rings (SSSR count). The minimum Gasteiger partial charge on any atom is -0.270 e. The molecule has 1 saturated heterocycles. The van der Waals surface area contributed by atoms with Gasteiger partial charge in [-0.05, 0) is 31.0 Å². The summed E-state index contributed by atoms with van der Waals surface area (Å²) in [7, 11) is -3.10. The fourth-order valence-corrected chi connectivity index (χ4v) is 3.56. The van der Waals surface area contributed by atoms with Crippen molar-refractivity contribution in [1.82, 2.24) is 0 Å². The molecular weight excluding hydrogens is 234 g/mol. The van der Waals surface area contributed by atoms with E-state index in [1.54, 1.807) is 18.2 Å². The van der Waals surface area contributed by atoms with Gasteiger partial charge < -0.3 is 0 Å². The van der Waals surface area contributed by atoms with Crippen LogP contribution >= 0.6 is 11.6 Å². The van der Waals surface area contributed by atoms with Gasteiger partial charge in [0.25, 0.3) is 0 Å². The van der Waals surface area contributed by atoms with Gasteiger partial charge >= 0.3 is 0 Å². The largest absolute Gasteiger partial charge is 0.270 e. The Hall–Kier alpha value is -0.740. The average molecular weight is 246 g/mol. The van der Waals surface area contributed by atoms with Crippen LogP contribution in [0.5, 0.6) is 0 Å². The van der Waals surface area contributed by atoms with Gasteiger partial charge in [0.1, 0.15) is 0 Å². The lowest BCUT2D eigenvalue weighted by molar-refractivity contribution is 0.599. The summed E-state index contributed by atoms with van der Waals surface area (Å²) in [6.07, 6.45) is 0.689. The standard InChI is InChI=1S/C10H12ClNO2S/c1-8-9(11)4-2-5-10(8)12-6-3-7-15(12,13)14/h2,4-5H,3,6-7H2,1H3. The van der Waals surface area contributed by atoms with Crippen LogP contribution in [0.25, 0.3) is 0 Å². The summed E-state index contributed by atoms with van der Waals surface area (Å²) in [6, 6.07) is 5.34. The van der Waals surface area contributed by atoms with Crippen LogP contribution in [0.15, 0.2) is 18.2 Å². The highest BCUT2D eigenvalue weighted by molar-refractivity contribution is 7.93. The molecule has 15 heavy (non-hydrogen) atoms. The fourth-order valence-electron chi connectivity index (χ4n) is 1.78. The Morgan fingerprint density at radius 1 is 1.40 bits per heavy atom. The normalized spacial score (nSPS) is 19.5. The molecule has 5 heteroatoms. The van der Waals surface area contributed by atoms with Gasteiger partial charge in [0, 0.05) is 11.6 Å². The minimum absolute atomic E-state index is 0.235. The number of halogens is 1. The third-order valence-corrected chi connectivity index (χ3v) is 4.87. The second-order valence-corrected chi connectivity index (χ2v) is 6.05. The summed E-state index contributed by atoms with van der Waals surface area (Å²) in [5.41, 5.74) is 1.53. The van der Waals surface area contributed by atoms with Crippen molar-refractivity contribution in [3.05, 3.63) is 28.8 Å². The van der Waals surface area contributed by atoms with E-state index in [0.29, 0.717) is 23.7 Å². The molecule has 0 radical (unpaired) electrons. The first-order chi connectivity index (χ1) is 7.02. The summed E-state index contributed by atoms with van der Waals surface area (Å²) in [6.45, 7) is 2.40. The minimum atomic E-state index is -3.10. The van der Waals surface area contributed by atoms with Crippen molar-refractivity contribution in [3.8, 4) is 0 Å². The summed E-state index contributed by atoms with van der Waals surface area (Å²) in [4.78, 5) is 0. The number of rotatable bonds is 1. The van der Waals surface area contributed by atoms with Crippen molar-refractivity contribution in [2.45, 2.75) is 13.3 Å². The number of hydrogen-bond acceptors (Lipinski definition) is 2. The predicted molar refractivity (Wildman–Crippen MR) is 61.9 cm³/mol. The smallest absolute Gasteiger partial charge is 0.235 e. The van der Waals surface area contributed by atoms with E-state index < -0.39 is 10.0 Å². The molecule has 0 saturated carbocycles. The van der Waals surface area contributed by atoms with Crippen LogP contribution in [0.3, 0.4) is 0 Å². The highest BCUT2D eigenvalue weighted by Crippen LogP contribution is 2.30. The molecule has 1 aromatic rings. The fraction of sp³-hybridized carbons (Fsp3) is 0.400. The molecule has 0 aliphatic carbocycles. The highest BCUT2D eigenvalue weighted by Gasteiger charge is 2.29. The van der Waals surface area contributed by atoms with Crippen LogP contribution in [0.4, 0.5) is 5.69 Å². The van der Waals surface area contributed by atoms with Crippen LogP contribution in [-0.2, 0) is 10.0 Å². The molecule has 0 amide bonds. The van der Waals surface area contributed by atoms with Gasteiger partial charge in [-0.1, -0.05) is 17.7 Å². The Bertz CT molecular complexity index is 484. The monoisotopic (exact) mass is 245 g/mol. The third-order valence-electron chi connectivity index (χ3n) is 2.61.